The van der Waals surface area contributed by atoms with Gasteiger partial charge in [-0.25, -0.2) is 0 Å². The summed E-state index contributed by atoms with van der Waals surface area (Å²) in [6.07, 6.45) is 7.00. The normalized spacial score (nSPS) is 18.4. The number of nitrogens with zero attached hydrogens (tertiary/aromatic N) is 2. The van der Waals surface area contributed by atoms with Crippen LogP contribution in [0.2, 0.25) is 0 Å². The van der Waals surface area contributed by atoms with Crippen LogP contribution in [0.1, 0.15) is 24.0 Å². The standard InChI is InChI=1S/C15H18N2/c1-17-10-8-14(9-11-17)3-2-13-4-6-15(12-16)7-5-13/h2-7,14H,8-11H2,1H3/b3-2+. The number of hydrogen-bond acceptors (Lipinski definition) is 2. The van der Waals surface area contributed by atoms with Crippen molar-refractivity contribution in [3.8, 4) is 6.07 Å². The molecule has 0 amide bonds. The molecule has 0 spiro atoms. The molecule has 1 heterocycles. The minimum absolute atomic E-state index is 0.710. The summed E-state index contributed by atoms with van der Waals surface area (Å²) >= 11 is 0. The van der Waals surface area contributed by atoms with E-state index in [1.807, 2.05) is 24.3 Å². The van der Waals surface area contributed by atoms with Gasteiger partial charge >= 0.3 is 0 Å². The molecule has 1 aromatic rings. The molecule has 0 saturated carbocycles. The number of likely N-dealkylation sites (tertiary alicyclic amines) is 1. The number of allylic oxidation sites excluding steroid dienone is 1. The topological polar surface area (TPSA) is 27.0 Å². The second-order valence-electron chi connectivity index (χ2n) is 4.73. The Morgan fingerprint density at radius 2 is 1.88 bits per heavy atom. The largest absolute Gasteiger partial charge is 0.306 e. The van der Waals surface area contributed by atoms with Gasteiger partial charge in [0.15, 0.2) is 0 Å². The first kappa shape index (κ1) is 11.9. The van der Waals surface area contributed by atoms with Gasteiger partial charge in [0.25, 0.3) is 0 Å². The number of nitriles is 1. The van der Waals surface area contributed by atoms with E-state index in [-0.39, 0.29) is 0 Å². The first-order chi connectivity index (χ1) is 8.28. The molecule has 1 saturated heterocycles. The quantitative estimate of drug-likeness (QED) is 0.775. The zero-order chi connectivity index (χ0) is 12.1. The fraction of sp³-hybridized carbons (Fsp3) is 0.400. The second-order valence-corrected chi connectivity index (χ2v) is 4.73. The molecule has 0 aromatic heterocycles. The summed E-state index contributed by atoms with van der Waals surface area (Å²) in [5.74, 6) is 0.710. The Labute approximate surface area is 103 Å². The smallest absolute Gasteiger partial charge is 0.0991 e. The minimum atomic E-state index is 0.710. The Kier molecular flexibility index (Phi) is 3.95. The summed E-state index contributed by atoms with van der Waals surface area (Å²) in [6.45, 7) is 2.39. The summed E-state index contributed by atoms with van der Waals surface area (Å²) in [7, 11) is 2.18. The van der Waals surface area contributed by atoms with Crippen molar-refractivity contribution < 1.29 is 0 Å². The van der Waals surface area contributed by atoms with Gasteiger partial charge in [0.1, 0.15) is 0 Å². The zero-order valence-corrected chi connectivity index (χ0v) is 10.3. The lowest BCUT2D eigenvalue weighted by Gasteiger charge is -2.26. The van der Waals surface area contributed by atoms with Crippen molar-refractivity contribution in [1.82, 2.24) is 4.90 Å². The maximum absolute atomic E-state index is 8.71. The summed E-state index contributed by atoms with van der Waals surface area (Å²) in [5.41, 5.74) is 1.91. The average molecular weight is 226 g/mol. The molecule has 0 N–H and O–H groups in total. The summed E-state index contributed by atoms with van der Waals surface area (Å²) in [6, 6.07) is 9.88. The Hall–Kier alpha value is -1.59. The number of rotatable bonds is 2. The van der Waals surface area contributed by atoms with Crippen molar-refractivity contribution in [3.63, 3.8) is 0 Å². The molecule has 1 fully saturated rings. The van der Waals surface area contributed by atoms with Crippen LogP contribution in [0.4, 0.5) is 0 Å². The van der Waals surface area contributed by atoms with Crippen LogP contribution in [0, 0.1) is 17.2 Å². The van der Waals surface area contributed by atoms with Gasteiger partial charge in [-0.2, -0.15) is 5.26 Å². The van der Waals surface area contributed by atoms with Gasteiger partial charge in [-0.15, -0.1) is 0 Å². The van der Waals surface area contributed by atoms with E-state index in [1.165, 1.54) is 31.5 Å². The highest BCUT2D eigenvalue weighted by atomic mass is 15.1. The van der Waals surface area contributed by atoms with E-state index >= 15 is 0 Å². The molecule has 2 heteroatoms. The maximum atomic E-state index is 8.71. The zero-order valence-electron chi connectivity index (χ0n) is 10.3. The summed E-state index contributed by atoms with van der Waals surface area (Å²) in [5, 5.41) is 8.71. The Bertz CT molecular complexity index is 417. The van der Waals surface area contributed by atoms with E-state index in [0.29, 0.717) is 5.92 Å². The molecule has 88 valence electrons. The van der Waals surface area contributed by atoms with Crippen molar-refractivity contribution in [2.24, 2.45) is 5.92 Å². The van der Waals surface area contributed by atoms with Crippen LogP contribution in [0.3, 0.4) is 0 Å². The van der Waals surface area contributed by atoms with E-state index in [9.17, 15) is 0 Å². The van der Waals surface area contributed by atoms with Crippen molar-refractivity contribution >= 4 is 6.08 Å². The van der Waals surface area contributed by atoms with E-state index in [0.717, 1.165) is 5.56 Å². The van der Waals surface area contributed by atoms with Crippen LogP contribution in [0.15, 0.2) is 30.3 Å². The third kappa shape index (κ3) is 3.44. The lowest BCUT2D eigenvalue weighted by atomic mass is 9.96. The Morgan fingerprint density at radius 3 is 2.47 bits per heavy atom. The van der Waals surface area contributed by atoms with Crippen LogP contribution in [-0.2, 0) is 0 Å². The molecule has 0 atom stereocenters. The van der Waals surface area contributed by atoms with Gasteiger partial charge in [0.05, 0.1) is 11.6 Å². The first-order valence-electron chi connectivity index (χ1n) is 6.15. The first-order valence-corrected chi connectivity index (χ1v) is 6.15. The number of piperidine rings is 1. The van der Waals surface area contributed by atoms with E-state index < -0.39 is 0 Å². The molecule has 2 rings (SSSR count). The highest BCUT2D eigenvalue weighted by Gasteiger charge is 2.13. The molecule has 1 aromatic carbocycles. The van der Waals surface area contributed by atoms with Crippen molar-refractivity contribution in [2.75, 3.05) is 20.1 Å². The van der Waals surface area contributed by atoms with Crippen molar-refractivity contribution in [1.29, 1.82) is 5.26 Å². The van der Waals surface area contributed by atoms with Gasteiger partial charge in [-0.1, -0.05) is 24.3 Å². The van der Waals surface area contributed by atoms with Crippen LogP contribution in [0.25, 0.3) is 6.08 Å². The van der Waals surface area contributed by atoms with Crippen LogP contribution >= 0.6 is 0 Å². The number of benzene rings is 1. The van der Waals surface area contributed by atoms with Gasteiger partial charge in [0, 0.05) is 0 Å². The predicted molar refractivity (Wildman–Crippen MR) is 70.4 cm³/mol. The molecule has 0 radical (unpaired) electrons. The van der Waals surface area contributed by atoms with Crippen LogP contribution in [-0.4, -0.2) is 25.0 Å². The van der Waals surface area contributed by atoms with Crippen LogP contribution in [0.5, 0.6) is 0 Å². The summed E-state index contributed by atoms with van der Waals surface area (Å²) < 4.78 is 0. The molecule has 1 aliphatic rings. The van der Waals surface area contributed by atoms with Gasteiger partial charge < -0.3 is 4.90 Å². The fourth-order valence-corrected chi connectivity index (χ4v) is 2.14. The lowest BCUT2D eigenvalue weighted by molar-refractivity contribution is 0.244. The maximum Gasteiger partial charge on any atom is 0.0991 e. The third-order valence-electron chi connectivity index (χ3n) is 3.36. The average Bonchev–Trinajstić information content (AvgIpc) is 2.39. The van der Waals surface area contributed by atoms with Crippen molar-refractivity contribution in [3.05, 3.63) is 41.5 Å². The predicted octanol–water partition coefficient (Wildman–Crippen LogP) is 2.91. The molecular weight excluding hydrogens is 208 g/mol. The molecule has 17 heavy (non-hydrogen) atoms. The molecule has 1 aliphatic heterocycles. The van der Waals surface area contributed by atoms with Gasteiger partial charge in [0.2, 0.25) is 0 Å². The minimum Gasteiger partial charge on any atom is -0.306 e. The SMILES string of the molecule is CN1CCC(/C=C/c2ccc(C#N)cc2)CC1. The monoisotopic (exact) mass is 226 g/mol. The second kappa shape index (κ2) is 5.65. The Morgan fingerprint density at radius 1 is 1.24 bits per heavy atom. The third-order valence-corrected chi connectivity index (χ3v) is 3.36. The highest BCUT2D eigenvalue weighted by molar-refractivity contribution is 5.51. The van der Waals surface area contributed by atoms with Crippen molar-refractivity contribution in [2.45, 2.75) is 12.8 Å². The van der Waals surface area contributed by atoms with E-state index in [2.05, 4.69) is 30.2 Å². The van der Waals surface area contributed by atoms with Crippen LogP contribution < -0.4 is 0 Å². The van der Waals surface area contributed by atoms with Gasteiger partial charge in [-0.05, 0) is 56.6 Å². The molecule has 0 bridgehead atoms. The Balaban J connectivity index is 1.93. The summed E-state index contributed by atoms with van der Waals surface area (Å²) in [4.78, 5) is 2.38. The molecule has 0 aliphatic carbocycles. The number of hydrogen-bond donors (Lipinski definition) is 0. The van der Waals surface area contributed by atoms with E-state index in [1.54, 1.807) is 0 Å². The molecule has 0 unspecified atom stereocenters. The van der Waals surface area contributed by atoms with E-state index in [4.69, 9.17) is 5.26 Å². The van der Waals surface area contributed by atoms with Gasteiger partial charge in [-0.3, -0.25) is 0 Å². The lowest BCUT2D eigenvalue weighted by Crippen LogP contribution is -2.29. The fourth-order valence-electron chi connectivity index (χ4n) is 2.14. The highest BCUT2D eigenvalue weighted by Crippen LogP contribution is 2.18. The molecular formula is C15H18N2. The molecule has 2 nitrogen and oxygen atoms in total.